The predicted octanol–water partition coefficient (Wildman–Crippen LogP) is 3.84. The molecule has 2 aromatic rings. The second kappa shape index (κ2) is 7.72. The van der Waals surface area contributed by atoms with Gasteiger partial charge in [-0.25, -0.2) is 0 Å². The van der Waals surface area contributed by atoms with Gasteiger partial charge in [0.05, 0.1) is 6.42 Å². The minimum Gasteiger partial charge on any atom is -0.485 e. The van der Waals surface area contributed by atoms with Gasteiger partial charge in [-0.05, 0) is 29.8 Å². The molecule has 4 nitrogen and oxygen atoms in total. The summed E-state index contributed by atoms with van der Waals surface area (Å²) in [6.07, 6.45) is -5.21. The van der Waals surface area contributed by atoms with Gasteiger partial charge in [-0.3, -0.25) is 4.79 Å². The number of ether oxygens (including phenoxy) is 2. The van der Waals surface area contributed by atoms with Crippen molar-refractivity contribution in [2.24, 2.45) is 0 Å². The zero-order valence-corrected chi connectivity index (χ0v) is 12.8. The number of nitrogens with one attached hydrogen (secondary N) is 1. The van der Waals surface area contributed by atoms with Gasteiger partial charge >= 0.3 is 6.36 Å². The SMILES string of the molecule is CNC(=O)CC(Oc1ccc(OC(F)(F)F)cc1)c1ccccc1. The van der Waals surface area contributed by atoms with Gasteiger partial charge < -0.3 is 14.8 Å². The van der Waals surface area contributed by atoms with Crippen LogP contribution in [-0.2, 0) is 4.79 Å². The summed E-state index contributed by atoms with van der Waals surface area (Å²) in [5, 5.41) is 2.52. The van der Waals surface area contributed by atoms with Crippen LogP contribution in [0.2, 0.25) is 0 Å². The summed E-state index contributed by atoms with van der Waals surface area (Å²) in [6, 6.07) is 14.1. The Morgan fingerprint density at radius 2 is 1.62 bits per heavy atom. The third kappa shape index (κ3) is 5.49. The van der Waals surface area contributed by atoms with E-state index in [-0.39, 0.29) is 18.1 Å². The minimum absolute atomic E-state index is 0.0846. The van der Waals surface area contributed by atoms with E-state index in [0.717, 1.165) is 17.7 Å². The Morgan fingerprint density at radius 1 is 1.04 bits per heavy atom. The van der Waals surface area contributed by atoms with Crippen LogP contribution in [0, 0.1) is 0 Å². The van der Waals surface area contributed by atoms with Crippen LogP contribution in [0.5, 0.6) is 11.5 Å². The molecule has 0 saturated carbocycles. The van der Waals surface area contributed by atoms with E-state index in [9.17, 15) is 18.0 Å². The third-order valence-corrected chi connectivity index (χ3v) is 3.16. The molecule has 0 aliphatic heterocycles. The maximum Gasteiger partial charge on any atom is 0.573 e. The Morgan fingerprint density at radius 3 is 2.17 bits per heavy atom. The van der Waals surface area contributed by atoms with E-state index < -0.39 is 12.5 Å². The minimum atomic E-state index is -4.74. The van der Waals surface area contributed by atoms with Crippen molar-refractivity contribution >= 4 is 5.91 Å². The van der Waals surface area contributed by atoms with E-state index in [0.29, 0.717) is 5.75 Å². The van der Waals surface area contributed by atoms with Crippen molar-refractivity contribution in [2.75, 3.05) is 7.05 Å². The van der Waals surface area contributed by atoms with Gasteiger partial charge in [0.2, 0.25) is 5.91 Å². The normalized spacial score (nSPS) is 12.3. The van der Waals surface area contributed by atoms with E-state index in [4.69, 9.17) is 4.74 Å². The maximum absolute atomic E-state index is 12.2. The molecule has 1 atom stereocenters. The number of carbonyl (C=O) groups is 1. The van der Waals surface area contributed by atoms with Crippen LogP contribution < -0.4 is 14.8 Å². The molecule has 0 saturated heterocycles. The molecule has 1 amide bonds. The molecule has 0 bridgehead atoms. The van der Waals surface area contributed by atoms with Crippen molar-refractivity contribution in [3.05, 3.63) is 60.2 Å². The zero-order chi connectivity index (χ0) is 17.6. The Kier molecular flexibility index (Phi) is 5.68. The molecule has 128 valence electrons. The fourth-order valence-electron chi connectivity index (χ4n) is 2.05. The Hall–Kier alpha value is -2.70. The molecular weight excluding hydrogens is 323 g/mol. The number of benzene rings is 2. The van der Waals surface area contributed by atoms with Gasteiger partial charge in [0, 0.05) is 7.05 Å². The van der Waals surface area contributed by atoms with E-state index in [1.165, 1.54) is 19.2 Å². The van der Waals surface area contributed by atoms with E-state index in [1.54, 1.807) is 0 Å². The van der Waals surface area contributed by atoms with Gasteiger partial charge in [-0.15, -0.1) is 13.2 Å². The predicted molar refractivity (Wildman–Crippen MR) is 81.6 cm³/mol. The van der Waals surface area contributed by atoms with Crippen LogP contribution in [0.4, 0.5) is 13.2 Å². The van der Waals surface area contributed by atoms with Crippen molar-refractivity contribution in [3.63, 3.8) is 0 Å². The molecule has 2 rings (SSSR count). The van der Waals surface area contributed by atoms with Gasteiger partial charge in [0.1, 0.15) is 17.6 Å². The first-order valence-electron chi connectivity index (χ1n) is 7.15. The molecule has 0 aliphatic rings. The average Bonchev–Trinajstić information content (AvgIpc) is 2.55. The van der Waals surface area contributed by atoms with Crippen LogP contribution in [-0.4, -0.2) is 19.3 Å². The number of rotatable bonds is 6. The lowest BCUT2D eigenvalue weighted by Crippen LogP contribution is -2.23. The monoisotopic (exact) mass is 339 g/mol. The molecule has 0 heterocycles. The van der Waals surface area contributed by atoms with Crippen molar-refractivity contribution in [3.8, 4) is 11.5 Å². The Bertz CT molecular complexity index is 657. The number of hydrogen-bond acceptors (Lipinski definition) is 3. The maximum atomic E-state index is 12.2. The van der Waals surface area contributed by atoms with Gasteiger partial charge in [0.15, 0.2) is 0 Å². The molecule has 1 unspecified atom stereocenters. The summed E-state index contributed by atoms with van der Waals surface area (Å²) in [4.78, 5) is 11.7. The first kappa shape index (κ1) is 17.7. The molecule has 0 fully saturated rings. The number of alkyl halides is 3. The first-order chi connectivity index (χ1) is 11.4. The topological polar surface area (TPSA) is 47.6 Å². The smallest absolute Gasteiger partial charge is 0.485 e. The highest BCUT2D eigenvalue weighted by atomic mass is 19.4. The fourth-order valence-corrected chi connectivity index (χ4v) is 2.05. The highest BCUT2D eigenvalue weighted by Crippen LogP contribution is 2.28. The zero-order valence-electron chi connectivity index (χ0n) is 12.8. The number of hydrogen-bond donors (Lipinski definition) is 1. The third-order valence-electron chi connectivity index (χ3n) is 3.16. The summed E-state index contributed by atoms with van der Waals surface area (Å²) in [6.45, 7) is 0. The number of carbonyl (C=O) groups excluding carboxylic acids is 1. The average molecular weight is 339 g/mol. The largest absolute Gasteiger partial charge is 0.573 e. The Balaban J connectivity index is 2.13. The lowest BCUT2D eigenvalue weighted by atomic mass is 10.1. The van der Waals surface area contributed by atoms with Crippen LogP contribution >= 0.6 is 0 Å². The molecular formula is C17H16F3NO3. The molecule has 0 aliphatic carbocycles. The number of halogens is 3. The van der Waals surface area contributed by atoms with Gasteiger partial charge in [0.25, 0.3) is 0 Å². The first-order valence-corrected chi connectivity index (χ1v) is 7.15. The molecule has 1 N–H and O–H groups in total. The quantitative estimate of drug-likeness (QED) is 0.870. The molecule has 0 spiro atoms. The van der Waals surface area contributed by atoms with E-state index in [1.807, 2.05) is 30.3 Å². The van der Waals surface area contributed by atoms with Crippen molar-refractivity contribution in [1.82, 2.24) is 5.32 Å². The Labute approximate surface area is 137 Å². The second-order valence-electron chi connectivity index (χ2n) is 4.91. The van der Waals surface area contributed by atoms with Crippen molar-refractivity contribution in [2.45, 2.75) is 18.9 Å². The van der Waals surface area contributed by atoms with Crippen LogP contribution in [0.15, 0.2) is 54.6 Å². The van der Waals surface area contributed by atoms with Crippen molar-refractivity contribution in [1.29, 1.82) is 0 Å². The fraction of sp³-hybridized carbons (Fsp3) is 0.235. The number of amides is 1. The summed E-state index contributed by atoms with van der Waals surface area (Å²) in [5.41, 5.74) is 0.789. The summed E-state index contributed by atoms with van der Waals surface area (Å²) in [5.74, 6) is -0.208. The lowest BCUT2D eigenvalue weighted by Gasteiger charge is -2.19. The van der Waals surface area contributed by atoms with E-state index >= 15 is 0 Å². The highest BCUT2D eigenvalue weighted by molar-refractivity contribution is 5.76. The van der Waals surface area contributed by atoms with Crippen LogP contribution in [0.1, 0.15) is 18.1 Å². The highest BCUT2D eigenvalue weighted by Gasteiger charge is 2.31. The van der Waals surface area contributed by atoms with Gasteiger partial charge in [-0.1, -0.05) is 30.3 Å². The molecule has 0 aromatic heterocycles. The van der Waals surface area contributed by atoms with Crippen molar-refractivity contribution < 1.29 is 27.4 Å². The summed E-state index contributed by atoms with van der Waals surface area (Å²) >= 11 is 0. The van der Waals surface area contributed by atoms with Gasteiger partial charge in [-0.2, -0.15) is 0 Å². The summed E-state index contributed by atoms with van der Waals surface area (Å²) in [7, 11) is 1.52. The van der Waals surface area contributed by atoms with E-state index in [2.05, 4.69) is 10.1 Å². The standard InChI is InChI=1S/C17H16F3NO3/c1-21-16(22)11-15(12-5-3-2-4-6-12)23-13-7-9-14(10-8-13)24-17(18,19)20/h2-10,15H,11H2,1H3,(H,21,22). The second-order valence-corrected chi connectivity index (χ2v) is 4.91. The summed E-state index contributed by atoms with van der Waals surface area (Å²) < 4.78 is 46.0. The lowest BCUT2D eigenvalue weighted by molar-refractivity contribution is -0.274. The van der Waals surface area contributed by atoms with Crippen LogP contribution in [0.3, 0.4) is 0 Å². The molecule has 24 heavy (non-hydrogen) atoms. The van der Waals surface area contributed by atoms with Crippen LogP contribution in [0.25, 0.3) is 0 Å². The molecule has 7 heteroatoms. The molecule has 0 radical (unpaired) electrons. The molecule has 2 aromatic carbocycles.